The van der Waals surface area contributed by atoms with Gasteiger partial charge >= 0.3 is 0 Å². The van der Waals surface area contributed by atoms with Crippen molar-refractivity contribution in [1.29, 1.82) is 0 Å². The normalized spacial score (nSPS) is 20.3. The van der Waals surface area contributed by atoms with E-state index in [9.17, 15) is 4.79 Å². The lowest BCUT2D eigenvalue weighted by atomic mass is 9.94. The summed E-state index contributed by atoms with van der Waals surface area (Å²) in [6.45, 7) is 5.26. The number of hydrogen-bond donors (Lipinski definition) is 1. The second-order valence-electron chi connectivity index (χ2n) is 7.58. The molecule has 2 fully saturated rings. The number of rotatable bonds is 4. The molecule has 1 atom stereocenters. The van der Waals surface area contributed by atoms with Crippen LogP contribution in [0.5, 0.6) is 0 Å². The second-order valence-corrected chi connectivity index (χ2v) is 7.58. The van der Waals surface area contributed by atoms with E-state index in [0.717, 1.165) is 44.8 Å². The third-order valence-electron chi connectivity index (χ3n) is 5.87. The standard InChI is InChI=1S/C19H23N7O2/c1-12(25-10-13(11-25)16-9-20-4-5-21-16)17-23-18-15(19(27)24-17)8-22-26(18)14-2-6-28-7-3-14/h4-5,8-9,12-14H,2-3,6-7,10-11H2,1H3,(H,23,24,27)/t12-/m1/s1. The van der Waals surface area contributed by atoms with Gasteiger partial charge in [-0.1, -0.05) is 0 Å². The quantitative estimate of drug-likeness (QED) is 0.729. The first-order valence-electron chi connectivity index (χ1n) is 9.76. The number of nitrogens with one attached hydrogen (secondary N) is 1. The van der Waals surface area contributed by atoms with Crippen LogP contribution in [0.3, 0.4) is 0 Å². The van der Waals surface area contributed by atoms with E-state index in [1.807, 2.05) is 10.9 Å². The minimum absolute atomic E-state index is 0.0167. The van der Waals surface area contributed by atoms with Gasteiger partial charge in [-0.25, -0.2) is 9.67 Å². The van der Waals surface area contributed by atoms with Crippen LogP contribution in [0.25, 0.3) is 11.0 Å². The first-order valence-corrected chi connectivity index (χ1v) is 9.76. The zero-order valence-corrected chi connectivity index (χ0v) is 15.8. The maximum absolute atomic E-state index is 12.6. The van der Waals surface area contributed by atoms with Gasteiger partial charge < -0.3 is 9.72 Å². The Bertz CT molecular complexity index is 1020. The summed E-state index contributed by atoms with van der Waals surface area (Å²) < 4.78 is 7.35. The van der Waals surface area contributed by atoms with Crippen molar-refractivity contribution in [3.63, 3.8) is 0 Å². The average molecular weight is 381 g/mol. The van der Waals surface area contributed by atoms with Crippen molar-refractivity contribution in [1.82, 2.24) is 34.6 Å². The fourth-order valence-electron chi connectivity index (χ4n) is 4.06. The summed E-state index contributed by atoms with van der Waals surface area (Å²) in [5.74, 6) is 1.06. The van der Waals surface area contributed by atoms with E-state index in [1.165, 1.54) is 0 Å². The predicted octanol–water partition coefficient (Wildman–Crippen LogP) is 1.42. The third-order valence-corrected chi connectivity index (χ3v) is 5.87. The van der Waals surface area contributed by atoms with E-state index < -0.39 is 0 Å². The Morgan fingerprint density at radius 1 is 1.21 bits per heavy atom. The van der Waals surface area contributed by atoms with Gasteiger partial charge in [0, 0.05) is 50.8 Å². The van der Waals surface area contributed by atoms with Gasteiger partial charge in [0.1, 0.15) is 11.2 Å². The van der Waals surface area contributed by atoms with Crippen LogP contribution < -0.4 is 5.56 Å². The SMILES string of the molecule is C[C@H](c1nc2c(cnn2C2CCOCC2)c(=O)[nH]1)N1CC(c2cnccn2)C1. The first-order chi connectivity index (χ1) is 13.7. The molecule has 0 aromatic carbocycles. The lowest BCUT2D eigenvalue weighted by Gasteiger charge is -2.42. The molecule has 9 heteroatoms. The van der Waals surface area contributed by atoms with E-state index in [0.29, 0.717) is 22.8 Å². The number of ether oxygens (including phenoxy) is 1. The minimum Gasteiger partial charge on any atom is -0.381 e. The van der Waals surface area contributed by atoms with Gasteiger partial charge in [-0.3, -0.25) is 19.7 Å². The molecule has 3 aromatic heterocycles. The van der Waals surface area contributed by atoms with Crippen molar-refractivity contribution >= 4 is 11.0 Å². The number of nitrogens with zero attached hydrogens (tertiary/aromatic N) is 6. The fourth-order valence-corrected chi connectivity index (χ4v) is 4.06. The highest BCUT2D eigenvalue weighted by molar-refractivity contribution is 5.73. The van der Waals surface area contributed by atoms with Crippen LogP contribution in [0.15, 0.2) is 29.6 Å². The van der Waals surface area contributed by atoms with Gasteiger partial charge in [0.05, 0.1) is 24.0 Å². The van der Waals surface area contributed by atoms with Gasteiger partial charge in [-0.15, -0.1) is 0 Å². The molecular formula is C19H23N7O2. The molecule has 9 nitrogen and oxygen atoms in total. The Morgan fingerprint density at radius 2 is 2.04 bits per heavy atom. The third kappa shape index (κ3) is 3.00. The number of H-pyrrole nitrogens is 1. The summed E-state index contributed by atoms with van der Waals surface area (Å²) in [6, 6.07) is 0.247. The van der Waals surface area contributed by atoms with Gasteiger partial charge in [0.25, 0.3) is 5.56 Å². The Labute approximate surface area is 161 Å². The number of aromatic amines is 1. The summed E-state index contributed by atoms with van der Waals surface area (Å²) in [5.41, 5.74) is 1.56. The molecule has 5 rings (SSSR count). The molecule has 2 saturated heterocycles. The molecule has 1 N–H and O–H groups in total. The topological polar surface area (TPSA) is 102 Å². The van der Waals surface area contributed by atoms with E-state index in [-0.39, 0.29) is 17.6 Å². The predicted molar refractivity (Wildman–Crippen MR) is 102 cm³/mol. The summed E-state index contributed by atoms with van der Waals surface area (Å²) >= 11 is 0. The Balaban J connectivity index is 1.39. The zero-order valence-electron chi connectivity index (χ0n) is 15.8. The summed E-state index contributed by atoms with van der Waals surface area (Å²) in [4.78, 5) is 31.2. The number of likely N-dealkylation sites (tertiary alicyclic amines) is 1. The molecule has 0 bridgehead atoms. The maximum Gasteiger partial charge on any atom is 0.262 e. The smallest absolute Gasteiger partial charge is 0.262 e. The van der Waals surface area contributed by atoms with Crippen LogP contribution in [-0.2, 0) is 4.74 Å². The van der Waals surface area contributed by atoms with Crippen LogP contribution in [0.4, 0.5) is 0 Å². The van der Waals surface area contributed by atoms with Gasteiger partial charge in [-0.05, 0) is 19.8 Å². The zero-order chi connectivity index (χ0) is 19.1. The monoisotopic (exact) mass is 381 g/mol. The molecule has 5 heterocycles. The molecule has 28 heavy (non-hydrogen) atoms. The first kappa shape index (κ1) is 17.4. The van der Waals surface area contributed by atoms with E-state index in [4.69, 9.17) is 9.72 Å². The lowest BCUT2D eigenvalue weighted by molar-refractivity contribution is 0.0672. The van der Waals surface area contributed by atoms with Crippen molar-refractivity contribution < 1.29 is 4.74 Å². The Morgan fingerprint density at radius 3 is 2.79 bits per heavy atom. The van der Waals surface area contributed by atoms with E-state index in [2.05, 4.69) is 31.9 Å². The molecule has 0 saturated carbocycles. The second kappa shape index (κ2) is 7.06. The van der Waals surface area contributed by atoms with Crippen molar-refractivity contribution in [3.05, 3.63) is 46.7 Å². The van der Waals surface area contributed by atoms with Gasteiger partial charge in [-0.2, -0.15) is 5.10 Å². The molecule has 0 radical (unpaired) electrons. The Hall–Kier alpha value is -2.65. The summed E-state index contributed by atoms with van der Waals surface area (Å²) in [5, 5.41) is 5.01. The molecule has 0 amide bonds. The van der Waals surface area contributed by atoms with Gasteiger partial charge in [0.15, 0.2) is 5.65 Å². The summed E-state index contributed by atoms with van der Waals surface area (Å²) in [6.07, 6.45) is 8.65. The number of hydrogen-bond acceptors (Lipinski definition) is 7. The maximum atomic E-state index is 12.6. The largest absolute Gasteiger partial charge is 0.381 e. The van der Waals surface area contributed by atoms with Crippen molar-refractivity contribution in [2.75, 3.05) is 26.3 Å². The number of fused-ring (bicyclic) bond motifs is 1. The minimum atomic E-state index is -0.129. The van der Waals surface area contributed by atoms with Crippen molar-refractivity contribution in [3.8, 4) is 0 Å². The summed E-state index contributed by atoms with van der Waals surface area (Å²) in [7, 11) is 0. The van der Waals surface area contributed by atoms with Crippen LogP contribution in [-0.4, -0.2) is 60.9 Å². The van der Waals surface area contributed by atoms with Crippen LogP contribution >= 0.6 is 0 Å². The highest BCUT2D eigenvalue weighted by atomic mass is 16.5. The molecular weight excluding hydrogens is 358 g/mol. The van der Waals surface area contributed by atoms with Crippen LogP contribution in [0.1, 0.15) is 49.3 Å². The molecule has 0 unspecified atom stereocenters. The van der Waals surface area contributed by atoms with Gasteiger partial charge in [0.2, 0.25) is 0 Å². The van der Waals surface area contributed by atoms with E-state index in [1.54, 1.807) is 18.6 Å². The molecule has 3 aromatic rings. The van der Waals surface area contributed by atoms with E-state index >= 15 is 0 Å². The van der Waals surface area contributed by atoms with Crippen molar-refractivity contribution in [2.24, 2.45) is 0 Å². The molecule has 0 aliphatic carbocycles. The highest BCUT2D eigenvalue weighted by Gasteiger charge is 2.34. The lowest BCUT2D eigenvalue weighted by Crippen LogP contribution is -2.47. The highest BCUT2D eigenvalue weighted by Crippen LogP contribution is 2.32. The molecule has 0 spiro atoms. The molecule has 146 valence electrons. The fraction of sp³-hybridized carbons (Fsp3) is 0.526. The number of aromatic nitrogens is 6. The molecule has 2 aliphatic rings. The van der Waals surface area contributed by atoms with Crippen LogP contribution in [0, 0.1) is 0 Å². The molecule has 2 aliphatic heterocycles. The average Bonchev–Trinajstić information content (AvgIpc) is 3.13. The van der Waals surface area contributed by atoms with Crippen LogP contribution in [0.2, 0.25) is 0 Å². The Kier molecular flexibility index (Phi) is 4.40. The van der Waals surface area contributed by atoms with Crippen molar-refractivity contribution in [2.45, 2.75) is 37.8 Å².